The lowest BCUT2D eigenvalue weighted by molar-refractivity contribution is -0.129. The maximum absolute atomic E-state index is 14.1. The summed E-state index contributed by atoms with van der Waals surface area (Å²) in [5.41, 5.74) is 5.37. The molecule has 3 aromatic carbocycles. The van der Waals surface area contributed by atoms with Crippen molar-refractivity contribution in [2.24, 2.45) is 5.92 Å². The molecule has 6 heteroatoms. The molecule has 2 aliphatic rings. The molecule has 4 aromatic rings. The van der Waals surface area contributed by atoms with Crippen LogP contribution in [0.4, 0.5) is 5.69 Å². The van der Waals surface area contributed by atoms with E-state index in [4.69, 9.17) is 11.6 Å². The van der Waals surface area contributed by atoms with Gasteiger partial charge in [0, 0.05) is 45.5 Å². The quantitative estimate of drug-likeness (QED) is 0.242. The molecule has 1 aliphatic carbocycles. The highest BCUT2D eigenvalue weighted by atomic mass is 35.5. The van der Waals surface area contributed by atoms with Crippen LogP contribution in [0.2, 0.25) is 5.02 Å². The zero-order valence-corrected chi connectivity index (χ0v) is 24.0. The fourth-order valence-electron chi connectivity index (χ4n) is 6.14. The Morgan fingerprint density at radius 1 is 0.974 bits per heavy atom. The van der Waals surface area contributed by atoms with Crippen molar-refractivity contribution in [1.29, 1.82) is 0 Å². The molecule has 1 unspecified atom stereocenters. The van der Waals surface area contributed by atoms with E-state index in [0.29, 0.717) is 12.5 Å². The number of amides is 1. The van der Waals surface area contributed by atoms with E-state index in [9.17, 15) is 4.79 Å². The Balaban J connectivity index is 1.40. The Kier molecular flexibility index (Phi) is 7.46. The van der Waals surface area contributed by atoms with E-state index in [-0.39, 0.29) is 17.4 Å². The van der Waals surface area contributed by atoms with Gasteiger partial charge in [0.05, 0.1) is 4.91 Å². The topological polar surface area (TPSA) is 37.3 Å². The number of carbonyl (C=O) groups excluding carboxylic acids is 1. The second kappa shape index (κ2) is 11.1. The number of benzene rings is 3. The molecule has 1 aromatic heterocycles. The number of carbonyl (C=O) groups is 1. The minimum atomic E-state index is -0.131. The number of hydrogen-bond donors (Lipinski definition) is 1. The summed E-state index contributed by atoms with van der Waals surface area (Å²) in [6.45, 7) is 5.13. The molecule has 1 N–H and O–H groups in total. The monoisotopic (exact) mass is 555 g/mol. The summed E-state index contributed by atoms with van der Waals surface area (Å²) >= 11 is 8.18. The van der Waals surface area contributed by atoms with E-state index in [1.807, 2.05) is 36.4 Å². The van der Waals surface area contributed by atoms with Gasteiger partial charge in [-0.25, -0.2) is 0 Å². The van der Waals surface area contributed by atoms with E-state index in [1.165, 1.54) is 19.3 Å². The summed E-state index contributed by atoms with van der Waals surface area (Å²) in [5, 5.41) is 5.58. The van der Waals surface area contributed by atoms with Crippen molar-refractivity contribution in [3.8, 4) is 0 Å². The molecule has 4 nitrogen and oxygen atoms in total. The van der Waals surface area contributed by atoms with Crippen LogP contribution in [-0.4, -0.2) is 26.9 Å². The van der Waals surface area contributed by atoms with Crippen molar-refractivity contribution in [3.05, 3.63) is 106 Å². The van der Waals surface area contributed by atoms with Crippen molar-refractivity contribution in [2.45, 2.75) is 57.6 Å². The molecule has 6 rings (SSSR count). The van der Waals surface area contributed by atoms with E-state index in [0.717, 1.165) is 49.8 Å². The van der Waals surface area contributed by atoms with Gasteiger partial charge in [-0.15, -0.1) is 0 Å². The van der Waals surface area contributed by atoms with E-state index in [2.05, 4.69) is 77.2 Å². The van der Waals surface area contributed by atoms with Gasteiger partial charge in [-0.3, -0.25) is 4.79 Å². The maximum Gasteiger partial charge on any atom is 0.262 e. The fourth-order valence-corrected chi connectivity index (χ4v) is 7.53. The second-order valence-electron chi connectivity index (χ2n) is 10.7. The van der Waals surface area contributed by atoms with Gasteiger partial charge >= 0.3 is 0 Å². The molecular formula is C33H34ClN3OS. The number of halogens is 1. The second-order valence-corrected chi connectivity index (χ2v) is 12.3. The highest BCUT2D eigenvalue weighted by Gasteiger charge is 2.43. The van der Waals surface area contributed by atoms with Gasteiger partial charge in [-0.05, 0) is 61.6 Å². The summed E-state index contributed by atoms with van der Waals surface area (Å²) in [6, 6.07) is 26.9. The van der Waals surface area contributed by atoms with Crippen LogP contribution in [-0.2, 0) is 11.3 Å². The summed E-state index contributed by atoms with van der Waals surface area (Å²) < 4.78 is 2.31. The van der Waals surface area contributed by atoms with Crippen LogP contribution >= 0.6 is 23.4 Å². The first-order valence-electron chi connectivity index (χ1n) is 13.8. The predicted molar refractivity (Wildman–Crippen MR) is 165 cm³/mol. The molecule has 39 heavy (non-hydrogen) atoms. The molecule has 0 bridgehead atoms. The molecule has 0 spiro atoms. The zero-order valence-electron chi connectivity index (χ0n) is 22.4. The predicted octanol–water partition coefficient (Wildman–Crippen LogP) is 8.54. The van der Waals surface area contributed by atoms with Crippen LogP contribution in [0.1, 0.15) is 49.4 Å². The number of fused-ring (bicyclic) bond motifs is 1. The standard InChI is InChI=1S/C33H34ClN3OS/c1-22-12-6-10-18-29(22)37-32(38)31(39-33(37)35-25-14-4-3-5-15-25)20-27-23(2)36(30-19-11-8-16-26(27)30)21-24-13-7-9-17-28(24)34/h3-5,7-9,11,13-17,19-20,22,29,33,35H,6,10,12,18,21H2,1-2H3/b31-20-/t22-,29+,33?/m1/s1. The normalized spacial score (nSPS) is 22.6. The molecule has 1 amide bonds. The van der Waals surface area contributed by atoms with Crippen LogP contribution in [0.3, 0.4) is 0 Å². The first-order chi connectivity index (χ1) is 19.0. The number of thioether (sulfide) groups is 1. The van der Waals surface area contributed by atoms with Crippen molar-refractivity contribution < 1.29 is 4.79 Å². The molecule has 2 heterocycles. The number of hydrogen-bond acceptors (Lipinski definition) is 3. The van der Waals surface area contributed by atoms with Crippen LogP contribution in [0, 0.1) is 12.8 Å². The molecule has 2 fully saturated rings. The SMILES string of the molecule is Cc1c(/C=C2\SC(Nc3ccccc3)N([C@H]3CCCC[C@H]3C)C2=O)c2ccccc2n1Cc1ccccc1Cl. The van der Waals surface area contributed by atoms with E-state index >= 15 is 0 Å². The molecule has 1 aliphatic heterocycles. The van der Waals surface area contributed by atoms with Gasteiger partial charge in [0.15, 0.2) is 5.50 Å². The van der Waals surface area contributed by atoms with Gasteiger partial charge in [-0.1, -0.05) is 97.7 Å². The van der Waals surface area contributed by atoms with Crippen molar-refractivity contribution in [2.75, 3.05) is 5.32 Å². The van der Waals surface area contributed by atoms with E-state index in [1.54, 1.807) is 11.8 Å². The lowest BCUT2D eigenvalue weighted by atomic mass is 9.85. The van der Waals surface area contributed by atoms with Crippen molar-refractivity contribution >= 4 is 51.9 Å². The Hall–Kier alpha value is -3.15. The van der Waals surface area contributed by atoms with E-state index < -0.39 is 0 Å². The molecular weight excluding hydrogens is 522 g/mol. The minimum absolute atomic E-state index is 0.131. The maximum atomic E-state index is 14.1. The molecule has 1 saturated heterocycles. The largest absolute Gasteiger partial charge is 0.356 e. The lowest BCUT2D eigenvalue weighted by Crippen LogP contribution is -2.48. The van der Waals surface area contributed by atoms with Crippen LogP contribution < -0.4 is 5.32 Å². The van der Waals surface area contributed by atoms with Gasteiger partial charge in [0.2, 0.25) is 0 Å². The number of aromatic nitrogens is 1. The van der Waals surface area contributed by atoms with Crippen LogP contribution in [0.5, 0.6) is 0 Å². The summed E-state index contributed by atoms with van der Waals surface area (Å²) in [7, 11) is 0. The first kappa shape index (κ1) is 26.1. The Morgan fingerprint density at radius 2 is 1.69 bits per heavy atom. The molecule has 1 saturated carbocycles. The molecule has 3 atom stereocenters. The lowest BCUT2D eigenvalue weighted by Gasteiger charge is -2.39. The van der Waals surface area contributed by atoms with Gasteiger partial charge in [0.1, 0.15) is 0 Å². The van der Waals surface area contributed by atoms with Crippen LogP contribution in [0.15, 0.2) is 83.8 Å². The third-order valence-corrected chi connectivity index (χ3v) is 9.75. The number of anilines is 1. The summed E-state index contributed by atoms with van der Waals surface area (Å²) in [6.07, 6.45) is 6.78. The zero-order chi connectivity index (χ0) is 26.9. The highest BCUT2D eigenvalue weighted by Crippen LogP contribution is 2.43. The van der Waals surface area contributed by atoms with Gasteiger partial charge < -0.3 is 14.8 Å². The van der Waals surface area contributed by atoms with Crippen molar-refractivity contribution in [3.63, 3.8) is 0 Å². The number of para-hydroxylation sites is 2. The third-order valence-electron chi connectivity index (χ3n) is 8.27. The van der Waals surface area contributed by atoms with Gasteiger partial charge in [0.25, 0.3) is 5.91 Å². The highest BCUT2D eigenvalue weighted by molar-refractivity contribution is 8.05. The third kappa shape index (κ3) is 5.10. The Bertz CT molecular complexity index is 1530. The smallest absolute Gasteiger partial charge is 0.262 e. The molecule has 0 radical (unpaired) electrons. The first-order valence-corrected chi connectivity index (χ1v) is 15.1. The minimum Gasteiger partial charge on any atom is -0.356 e. The number of rotatable bonds is 6. The number of nitrogens with one attached hydrogen (secondary N) is 1. The van der Waals surface area contributed by atoms with Gasteiger partial charge in [-0.2, -0.15) is 0 Å². The fraction of sp³-hybridized carbons (Fsp3) is 0.303. The van der Waals surface area contributed by atoms with Crippen molar-refractivity contribution in [1.82, 2.24) is 9.47 Å². The summed E-state index contributed by atoms with van der Waals surface area (Å²) in [5.74, 6) is 0.622. The summed E-state index contributed by atoms with van der Waals surface area (Å²) in [4.78, 5) is 17.0. The Morgan fingerprint density at radius 3 is 2.49 bits per heavy atom. The Labute approximate surface area is 240 Å². The average Bonchev–Trinajstić information content (AvgIpc) is 3.39. The number of nitrogens with zero attached hydrogens (tertiary/aromatic N) is 2. The van der Waals surface area contributed by atoms with Crippen LogP contribution in [0.25, 0.3) is 17.0 Å². The average molecular weight is 556 g/mol. The molecule has 200 valence electrons.